The second-order valence-corrected chi connectivity index (χ2v) is 6.00. The van der Waals surface area contributed by atoms with E-state index in [9.17, 15) is 4.79 Å². The second kappa shape index (κ2) is 4.65. The Bertz CT molecular complexity index is 837. The van der Waals surface area contributed by atoms with Gasteiger partial charge in [-0.25, -0.2) is 0 Å². The molecule has 1 amide bonds. The van der Waals surface area contributed by atoms with E-state index in [1.54, 1.807) is 19.0 Å². The molecular weight excluding hydrogens is 262 g/mol. The number of nitrogens with zero attached hydrogens (tertiary/aromatic N) is 3. The summed E-state index contributed by atoms with van der Waals surface area (Å²) < 4.78 is 4.32. The molecule has 0 atom stereocenters. The van der Waals surface area contributed by atoms with E-state index in [1.807, 2.05) is 18.2 Å². The maximum Gasteiger partial charge on any atom is 0.270 e. The van der Waals surface area contributed by atoms with E-state index in [-0.39, 0.29) is 11.9 Å². The predicted molar refractivity (Wildman–Crippen MR) is 86.8 cm³/mol. The van der Waals surface area contributed by atoms with E-state index in [0.717, 1.165) is 16.7 Å². The first-order chi connectivity index (χ1) is 9.93. The number of benzene rings is 1. The number of hydrogen-bond donors (Lipinski definition) is 0. The molecular formula is C17H21N3O. The monoisotopic (exact) mass is 283 g/mol. The molecule has 21 heavy (non-hydrogen) atoms. The van der Waals surface area contributed by atoms with Crippen LogP contribution in [0.1, 0.15) is 30.4 Å². The van der Waals surface area contributed by atoms with Crippen molar-refractivity contribution in [3.05, 3.63) is 36.0 Å². The normalized spacial score (nSPS) is 11.7. The fourth-order valence-corrected chi connectivity index (χ4v) is 3.06. The molecule has 0 saturated heterocycles. The van der Waals surface area contributed by atoms with Crippen LogP contribution in [0.15, 0.2) is 30.3 Å². The van der Waals surface area contributed by atoms with Crippen molar-refractivity contribution in [3.8, 4) is 0 Å². The van der Waals surface area contributed by atoms with E-state index in [4.69, 9.17) is 0 Å². The van der Waals surface area contributed by atoms with Crippen LogP contribution in [-0.4, -0.2) is 34.0 Å². The van der Waals surface area contributed by atoms with Crippen LogP contribution in [0.3, 0.4) is 0 Å². The summed E-state index contributed by atoms with van der Waals surface area (Å²) in [5.74, 6) is 0.0454. The minimum absolute atomic E-state index is 0.0454. The third-order valence-corrected chi connectivity index (χ3v) is 4.04. The lowest BCUT2D eigenvalue weighted by Gasteiger charge is -2.17. The highest BCUT2D eigenvalue weighted by Gasteiger charge is 2.22. The molecule has 0 aliphatic heterocycles. The fraction of sp³-hybridized carbons (Fsp3) is 0.353. The maximum absolute atomic E-state index is 12.5. The highest BCUT2D eigenvalue weighted by molar-refractivity contribution is 6.10. The second-order valence-electron chi connectivity index (χ2n) is 6.00. The van der Waals surface area contributed by atoms with Crippen LogP contribution in [0.2, 0.25) is 0 Å². The Morgan fingerprint density at radius 1 is 1.14 bits per heavy atom. The Balaban J connectivity index is 2.45. The molecule has 0 saturated carbocycles. The van der Waals surface area contributed by atoms with E-state index < -0.39 is 0 Å². The third kappa shape index (κ3) is 1.86. The number of amides is 1. The molecule has 0 radical (unpaired) electrons. The van der Waals surface area contributed by atoms with Crippen molar-refractivity contribution in [1.82, 2.24) is 14.0 Å². The summed E-state index contributed by atoms with van der Waals surface area (Å²) in [4.78, 5) is 14.1. The third-order valence-electron chi connectivity index (χ3n) is 4.04. The molecule has 4 nitrogen and oxygen atoms in total. The maximum atomic E-state index is 12.5. The Hall–Kier alpha value is -2.23. The van der Waals surface area contributed by atoms with Crippen LogP contribution in [-0.2, 0) is 7.05 Å². The molecule has 0 N–H and O–H groups in total. The largest absolute Gasteiger partial charge is 0.343 e. The van der Waals surface area contributed by atoms with E-state index >= 15 is 0 Å². The summed E-state index contributed by atoms with van der Waals surface area (Å²) in [6.45, 7) is 4.24. The number of carbonyl (C=O) groups excluding carboxylic acids is 1. The van der Waals surface area contributed by atoms with Crippen molar-refractivity contribution in [2.75, 3.05) is 14.1 Å². The number of hydrogen-bond acceptors (Lipinski definition) is 1. The summed E-state index contributed by atoms with van der Waals surface area (Å²) in [6, 6.07) is 10.6. The van der Waals surface area contributed by atoms with Gasteiger partial charge in [-0.3, -0.25) is 4.79 Å². The molecule has 0 aliphatic carbocycles. The molecule has 110 valence electrons. The number of aromatic nitrogens is 2. The lowest BCUT2D eigenvalue weighted by atomic mass is 10.2. The molecule has 1 aromatic carbocycles. The summed E-state index contributed by atoms with van der Waals surface area (Å²) >= 11 is 0. The van der Waals surface area contributed by atoms with Gasteiger partial charge in [-0.2, -0.15) is 0 Å². The number of para-hydroxylation sites is 1. The first-order valence-corrected chi connectivity index (χ1v) is 7.23. The molecule has 3 aromatic rings. The summed E-state index contributed by atoms with van der Waals surface area (Å²) in [6.07, 6.45) is 0. The first kappa shape index (κ1) is 13.7. The average molecular weight is 283 g/mol. The smallest absolute Gasteiger partial charge is 0.270 e. The van der Waals surface area contributed by atoms with Gasteiger partial charge in [0.25, 0.3) is 5.91 Å². The Labute approximate surface area is 124 Å². The van der Waals surface area contributed by atoms with Gasteiger partial charge in [0.1, 0.15) is 5.69 Å². The number of fused-ring (bicyclic) bond motifs is 3. The minimum atomic E-state index is 0.0454. The topological polar surface area (TPSA) is 30.2 Å². The van der Waals surface area contributed by atoms with Gasteiger partial charge < -0.3 is 14.0 Å². The van der Waals surface area contributed by atoms with Gasteiger partial charge in [0.15, 0.2) is 0 Å². The van der Waals surface area contributed by atoms with Crippen LogP contribution < -0.4 is 0 Å². The first-order valence-electron chi connectivity index (χ1n) is 7.23. The van der Waals surface area contributed by atoms with Crippen LogP contribution >= 0.6 is 0 Å². The van der Waals surface area contributed by atoms with Gasteiger partial charge in [0.05, 0.1) is 16.6 Å². The van der Waals surface area contributed by atoms with Crippen LogP contribution in [0.5, 0.6) is 0 Å². The zero-order valence-corrected chi connectivity index (χ0v) is 13.2. The van der Waals surface area contributed by atoms with Gasteiger partial charge in [-0.15, -0.1) is 0 Å². The van der Waals surface area contributed by atoms with Crippen molar-refractivity contribution in [2.45, 2.75) is 19.9 Å². The summed E-state index contributed by atoms with van der Waals surface area (Å²) in [5, 5.41) is 1.20. The molecule has 0 bridgehead atoms. The van der Waals surface area contributed by atoms with Gasteiger partial charge >= 0.3 is 0 Å². The van der Waals surface area contributed by atoms with Crippen molar-refractivity contribution in [3.63, 3.8) is 0 Å². The Morgan fingerprint density at radius 2 is 1.81 bits per heavy atom. The Morgan fingerprint density at radius 3 is 2.43 bits per heavy atom. The average Bonchev–Trinajstić information content (AvgIpc) is 2.96. The molecule has 0 spiro atoms. The number of carbonyl (C=O) groups is 1. The van der Waals surface area contributed by atoms with E-state index in [2.05, 4.69) is 42.2 Å². The van der Waals surface area contributed by atoms with Gasteiger partial charge in [-0.05, 0) is 26.0 Å². The standard InChI is InChI=1S/C17H21N3O/c1-11(2)20-15(17(21)18(3)4)10-14-16(20)12-8-6-7-9-13(12)19(14)5/h6-11H,1-5H3. The molecule has 0 aliphatic rings. The zero-order chi connectivity index (χ0) is 15.3. The quantitative estimate of drug-likeness (QED) is 0.709. The van der Waals surface area contributed by atoms with E-state index in [1.165, 1.54) is 10.9 Å². The molecule has 0 unspecified atom stereocenters. The molecule has 3 rings (SSSR count). The lowest BCUT2D eigenvalue weighted by Crippen LogP contribution is -2.25. The minimum Gasteiger partial charge on any atom is -0.343 e. The predicted octanol–water partition coefficient (Wildman–Crippen LogP) is 3.42. The van der Waals surface area contributed by atoms with Gasteiger partial charge in [-0.1, -0.05) is 18.2 Å². The highest BCUT2D eigenvalue weighted by Crippen LogP contribution is 2.33. The SMILES string of the molecule is CC(C)n1c(C(=O)N(C)C)cc2c1c1ccccc1n2C. The highest BCUT2D eigenvalue weighted by atomic mass is 16.2. The van der Waals surface area contributed by atoms with Crippen LogP contribution in [0.25, 0.3) is 21.9 Å². The molecule has 2 heterocycles. The van der Waals surface area contributed by atoms with Crippen molar-refractivity contribution < 1.29 is 4.79 Å². The van der Waals surface area contributed by atoms with Crippen molar-refractivity contribution in [2.24, 2.45) is 7.05 Å². The lowest BCUT2D eigenvalue weighted by molar-refractivity contribution is 0.0816. The summed E-state index contributed by atoms with van der Waals surface area (Å²) in [7, 11) is 5.64. The van der Waals surface area contributed by atoms with Crippen LogP contribution in [0.4, 0.5) is 0 Å². The number of aryl methyl sites for hydroxylation is 1. The molecule has 4 heteroatoms. The zero-order valence-electron chi connectivity index (χ0n) is 13.2. The Kier molecular flexibility index (Phi) is 3.04. The fourth-order valence-electron chi connectivity index (χ4n) is 3.06. The van der Waals surface area contributed by atoms with Gasteiger partial charge in [0.2, 0.25) is 0 Å². The molecule has 2 aromatic heterocycles. The van der Waals surface area contributed by atoms with Gasteiger partial charge in [0, 0.05) is 32.6 Å². The summed E-state index contributed by atoms with van der Waals surface area (Å²) in [5.41, 5.74) is 4.20. The van der Waals surface area contributed by atoms with E-state index in [0.29, 0.717) is 0 Å². The molecule has 0 fully saturated rings. The van der Waals surface area contributed by atoms with Crippen molar-refractivity contribution >= 4 is 27.8 Å². The van der Waals surface area contributed by atoms with Crippen LogP contribution in [0, 0.1) is 0 Å². The van der Waals surface area contributed by atoms with Crippen molar-refractivity contribution in [1.29, 1.82) is 0 Å². The number of rotatable bonds is 2.